The van der Waals surface area contributed by atoms with E-state index in [2.05, 4.69) is 4.98 Å². The van der Waals surface area contributed by atoms with Crippen LogP contribution in [0.15, 0.2) is 66.0 Å². The van der Waals surface area contributed by atoms with Crippen molar-refractivity contribution < 1.29 is 19.1 Å². The fraction of sp³-hybridized carbons (Fsp3) is 0.208. The Morgan fingerprint density at radius 3 is 2.52 bits per heavy atom. The van der Waals surface area contributed by atoms with E-state index in [4.69, 9.17) is 10.5 Å². The Bertz CT molecular complexity index is 1210. The number of nitrogens with zero attached hydrogens (tertiary/aromatic N) is 1. The summed E-state index contributed by atoms with van der Waals surface area (Å²) >= 11 is 0. The SMILES string of the molecule is COC(=O)c1ccc(C2C(C(C)=O)=C(N)C(=O)N2CCc2c[nH]c3ccccc23)cc1. The van der Waals surface area contributed by atoms with Crippen LogP contribution in [0.25, 0.3) is 10.9 Å². The van der Waals surface area contributed by atoms with Crippen LogP contribution in [0.5, 0.6) is 0 Å². The van der Waals surface area contributed by atoms with E-state index in [1.54, 1.807) is 29.2 Å². The topological polar surface area (TPSA) is 105 Å². The number of para-hydroxylation sites is 1. The fourth-order valence-corrected chi connectivity index (χ4v) is 4.15. The molecule has 0 saturated heterocycles. The van der Waals surface area contributed by atoms with Crippen molar-refractivity contribution in [2.75, 3.05) is 13.7 Å². The molecule has 2 heterocycles. The molecule has 3 aromatic rings. The third-order valence-corrected chi connectivity index (χ3v) is 5.69. The summed E-state index contributed by atoms with van der Waals surface area (Å²) < 4.78 is 4.74. The normalized spacial score (nSPS) is 16.3. The molecule has 4 rings (SSSR count). The fourth-order valence-electron chi connectivity index (χ4n) is 4.15. The Hall–Kier alpha value is -3.87. The summed E-state index contributed by atoms with van der Waals surface area (Å²) in [6, 6.07) is 14.1. The first-order chi connectivity index (χ1) is 14.9. The van der Waals surface area contributed by atoms with Gasteiger partial charge < -0.3 is 20.4 Å². The molecule has 0 aliphatic carbocycles. The van der Waals surface area contributed by atoms with Crippen LogP contribution in [0.2, 0.25) is 0 Å². The van der Waals surface area contributed by atoms with Gasteiger partial charge in [-0.3, -0.25) is 9.59 Å². The Morgan fingerprint density at radius 2 is 1.84 bits per heavy atom. The highest BCUT2D eigenvalue weighted by Gasteiger charge is 2.40. The maximum Gasteiger partial charge on any atom is 0.337 e. The number of H-pyrrole nitrogens is 1. The molecule has 7 nitrogen and oxygen atoms in total. The van der Waals surface area contributed by atoms with Gasteiger partial charge in [-0.1, -0.05) is 30.3 Å². The number of ketones is 1. The van der Waals surface area contributed by atoms with E-state index >= 15 is 0 Å². The first kappa shape index (κ1) is 20.4. The summed E-state index contributed by atoms with van der Waals surface area (Å²) in [5, 5.41) is 1.10. The smallest absolute Gasteiger partial charge is 0.337 e. The van der Waals surface area contributed by atoms with E-state index in [-0.39, 0.29) is 23.0 Å². The minimum absolute atomic E-state index is 0.0199. The van der Waals surface area contributed by atoms with E-state index < -0.39 is 12.0 Å². The number of rotatable bonds is 6. The lowest BCUT2D eigenvalue weighted by molar-refractivity contribution is -0.127. The van der Waals surface area contributed by atoms with Gasteiger partial charge in [0, 0.05) is 23.6 Å². The van der Waals surface area contributed by atoms with Gasteiger partial charge in [0.2, 0.25) is 0 Å². The number of amides is 1. The van der Waals surface area contributed by atoms with Crippen LogP contribution in [0.4, 0.5) is 0 Å². The Balaban J connectivity index is 1.66. The van der Waals surface area contributed by atoms with Gasteiger partial charge in [-0.25, -0.2) is 4.79 Å². The average molecular weight is 417 g/mol. The molecule has 3 N–H and O–H groups in total. The lowest BCUT2D eigenvalue weighted by Crippen LogP contribution is -2.33. The number of Topliss-reactive ketones (excluding diaryl/α,β-unsaturated/α-hetero) is 1. The summed E-state index contributed by atoms with van der Waals surface area (Å²) in [6.07, 6.45) is 2.54. The highest BCUT2D eigenvalue weighted by molar-refractivity contribution is 6.09. The molecule has 1 atom stereocenters. The van der Waals surface area contributed by atoms with Gasteiger partial charge in [0.1, 0.15) is 5.70 Å². The van der Waals surface area contributed by atoms with Crippen molar-refractivity contribution >= 4 is 28.6 Å². The number of benzene rings is 2. The van der Waals surface area contributed by atoms with E-state index in [1.165, 1.54) is 14.0 Å². The number of aromatic amines is 1. The van der Waals surface area contributed by atoms with E-state index in [0.717, 1.165) is 16.5 Å². The van der Waals surface area contributed by atoms with Crippen LogP contribution < -0.4 is 5.73 Å². The van der Waals surface area contributed by atoms with Gasteiger partial charge in [0.25, 0.3) is 5.91 Å². The van der Waals surface area contributed by atoms with Gasteiger partial charge in [-0.2, -0.15) is 0 Å². The summed E-state index contributed by atoms with van der Waals surface area (Å²) in [5.74, 6) is -1.05. The molecule has 31 heavy (non-hydrogen) atoms. The second kappa shape index (κ2) is 8.10. The zero-order valence-corrected chi connectivity index (χ0v) is 17.3. The molecule has 0 fully saturated rings. The number of nitrogens with two attached hydrogens (primary N) is 1. The molecule has 0 saturated carbocycles. The predicted octanol–water partition coefficient (Wildman–Crippen LogP) is 2.88. The highest BCUT2D eigenvalue weighted by Crippen LogP contribution is 2.37. The molecule has 1 aliphatic rings. The lowest BCUT2D eigenvalue weighted by atomic mass is 9.95. The van der Waals surface area contributed by atoms with Crippen LogP contribution >= 0.6 is 0 Å². The predicted molar refractivity (Wildman–Crippen MR) is 116 cm³/mol. The molecule has 1 aromatic heterocycles. The van der Waals surface area contributed by atoms with Crippen LogP contribution in [0, 0.1) is 0 Å². The van der Waals surface area contributed by atoms with Crippen molar-refractivity contribution in [1.82, 2.24) is 9.88 Å². The molecule has 158 valence electrons. The number of nitrogens with one attached hydrogen (secondary N) is 1. The number of aromatic nitrogens is 1. The number of hydrogen-bond acceptors (Lipinski definition) is 5. The van der Waals surface area contributed by atoms with Crippen molar-refractivity contribution in [3.8, 4) is 0 Å². The number of fused-ring (bicyclic) bond motifs is 1. The lowest BCUT2D eigenvalue weighted by Gasteiger charge is -2.27. The van der Waals surface area contributed by atoms with Gasteiger partial charge in [-0.15, -0.1) is 0 Å². The highest BCUT2D eigenvalue weighted by atomic mass is 16.5. The van der Waals surface area contributed by atoms with Gasteiger partial charge >= 0.3 is 5.97 Å². The first-order valence-electron chi connectivity index (χ1n) is 9.97. The standard InChI is InChI=1S/C24H23N3O4/c1-14(28)20-21(25)23(29)27(12-11-17-13-26-19-6-4-3-5-18(17)19)22(20)15-7-9-16(10-8-15)24(30)31-2/h3-10,13,22,26H,11-12,25H2,1-2H3. The molecule has 0 bridgehead atoms. The summed E-state index contributed by atoms with van der Waals surface area (Å²) in [7, 11) is 1.32. The van der Waals surface area contributed by atoms with Crippen LogP contribution in [0.3, 0.4) is 0 Å². The molecule has 1 unspecified atom stereocenters. The first-order valence-corrected chi connectivity index (χ1v) is 9.97. The number of esters is 1. The average Bonchev–Trinajstić information content (AvgIpc) is 3.30. The maximum atomic E-state index is 13.0. The molecule has 1 amide bonds. The van der Waals surface area contributed by atoms with Crippen molar-refractivity contribution in [3.05, 3.63) is 82.7 Å². The number of methoxy groups -OCH3 is 1. The Labute approximate surface area is 179 Å². The molecule has 0 spiro atoms. The zero-order valence-electron chi connectivity index (χ0n) is 17.3. The summed E-state index contributed by atoms with van der Waals surface area (Å²) in [5.41, 5.74) is 9.55. The molecule has 1 aliphatic heterocycles. The molecule has 7 heteroatoms. The minimum Gasteiger partial charge on any atom is -0.465 e. The van der Waals surface area contributed by atoms with Crippen molar-refractivity contribution in [3.63, 3.8) is 0 Å². The second-order valence-electron chi connectivity index (χ2n) is 7.51. The molecule has 0 radical (unpaired) electrons. The number of carbonyl (C=O) groups is 3. The minimum atomic E-state index is -0.595. The third-order valence-electron chi connectivity index (χ3n) is 5.69. The van der Waals surface area contributed by atoms with Crippen LogP contribution in [0.1, 0.15) is 34.5 Å². The van der Waals surface area contributed by atoms with Gasteiger partial charge in [-0.05, 0) is 42.7 Å². The summed E-state index contributed by atoms with van der Waals surface area (Å²) in [4.78, 5) is 41.9. The summed E-state index contributed by atoms with van der Waals surface area (Å²) in [6.45, 7) is 1.80. The largest absolute Gasteiger partial charge is 0.465 e. The molecular formula is C24H23N3O4. The Morgan fingerprint density at radius 1 is 1.13 bits per heavy atom. The van der Waals surface area contributed by atoms with Crippen molar-refractivity contribution in [1.29, 1.82) is 0 Å². The van der Waals surface area contributed by atoms with E-state index in [0.29, 0.717) is 24.1 Å². The van der Waals surface area contributed by atoms with E-state index in [9.17, 15) is 14.4 Å². The van der Waals surface area contributed by atoms with E-state index in [1.807, 2.05) is 30.5 Å². The number of ether oxygens (including phenoxy) is 1. The monoisotopic (exact) mass is 417 g/mol. The van der Waals surface area contributed by atoms with Crippen LogP contribution in [-0.2, 0) is 20.7 Å². The molecular weight excluding hydrogens is 394 g/mol. The van der Waals surface area contributed by atoms with Crippen LogP contribution in [-0.4, -0.2) is 41.2 Å². The van der Waals surface area contributed by atoms with Crippen molar-refractivity contribution in [2.45, 2.75) is 19.4 Å². The Kier molecular flexibility index (Phi) is 5.33. The number of carbonyl (C=O) groups excluding carboxylic acids is 3. The van der Waals surface area contributed by atoms with Crippen molar-refractivity contribution in [2.24, 2.45) is 5.73 Å². The maximum absolute atomic E-state index is 13.0. The zero-order chi connectivity index (χ0) is 22.1. The second-order valence-corrected chi connectivity index (χ2v) is 7.51. The van der Waals surface area contributed by atoms with Gasteiger partial charge in [0.15, 0.2) is 5.78 Å². The third kappa shape index (κ3) is 3.59. The van der Waals surface area contributed by atoms with Gasteiger partial charge in [0.05, 0.1) is 24.3 Å². The molecule has 2 aromatic carbocycles. The quantitative estimate of drug-likeness (QED) is 0.600. The number of hydrogen-bond donors (Lipinski definition) is 2.